The molecule has 1 heterocycles. The molecule has 1 aliphatic rings. The number of nitrogens with one attached hydrogen (secondary N) is 1. The molecule has 1 atom stereocenters. The van der Waals surface area contributed by atoms with Gasteiger partial charge in [-0.2, -0.15) is 0 Å². The molecule has 1 unspecified atom stereocenters. The predicted molar refractivity (Wildman–Crippen MR) is 86.6 cm³/mol. The highest BCUT2D eigenvalue weighted by Crippen LogP contribution is 2.14. The molecule has 0 saturated carbocycles. The fourth-order valence-electron chi connectivity index (χ4n) is 2.97. The number of carbonyl (C=O) groups is 1. The summed E-state index contributed by atoms with van der Waals surface area (Å²) < 4.78 is 0. The molecule has 124 valence electrons. The van der Waals surface area contributed by atoms with Crippen LogP contribution in [0.25, 0.3) is 0 Å². The molecule has 0 radical (unpaired) electrons. The quantitative estimate of drug-likeness (QED) is 0.711. The Bertz CT molecular complexity index is 325. The van der Waals surface area contributed by atoms with Crippen LogP contribution in [0.1, 0.15) is 41.0 Å². The van der Waals surface area contributed by atoms with Crippen LogP contribution >= 0.6 is 0 Å². The summed E-state index contributed by atoms with van der Waals surface area (Å²) in [6, 6.07) is 0.175. The van der Waals surface area contributed by atoms with Crippen molar-refractivity contribution in [3.8, 4) is 0 Å². The first kappa shape index (κ1) is 18.4. The fraction of sp³-hybridized carbons (Fsp3) is 0.938. The Kier molecular flexibility index (Phi) is 7.10. The van der Waals surface area contributed by atoms with E-state index in [2.05, 4.69) is 29.0 Å². The zero-order valence-electron chi connectivity index (χ0n) is 14.4. The van der Waals surface area contributed by atoms with Crippen LogP contribution in [0.5, 0.6) is 0 Å². The van der Waals surface area contributed by atoms with E-state index in [-0.39, 0.29) is 6.04 Å². The zero-order valence-corrected chi connectivity index (χ0v) is 14.4. The average Bonchev–Trinajstić information content (AvgIpc) is 2.36. The molecule has 0 bridgehead atoms. The summed E-state index contributed by atoms with van der Waals surface area (Å²) in [5.74, 6) is -0.0447. The fourth-order valence-corrected chi connectivity index (χ4v) is 2.97. The second-order valence-electron chi connectivity index (χ2n) is 7.22. The van der Waals surface area contributed by atoms with Crippen molar-refractivity contribution >= 4 is 5.97 Å². The Balaban J connectivity index is 2.39. The lowest BCUT2D eigenvalue weighted by Gasteiger charge is -2.37. The topological polar surface area (TPSA) is 55.8 Å². The number of hydrogen-bond acceptors (Lipinski definition) is 4. The predicted octanol–water partition coefficient (Wildman–Crippen LogP) is 1.49. The van der Waals surface area contributed by atoms with Crippen LogP contribution in [-0.4, -0.2) is 71.7 Å². The van der Waals surface area contributed by atoms with Crippen molar-refractivity contribution in [3.63, 3.8) is 0 Å². The molecule has 1 saturated heterocycles. The van der Waals surface area contributed by atoms with E-state index in [0.717, 1.165) is 39.3 Å². The molecule has 2 N–H and O–H groups in total. The van der Waals surface area contributed by atoms with Gasteiger partial charge < -0.3 is 14.9 Å². The van der Waals surface area contributed by atoms with Gasteiger partial charge in [0.1, 0.15) is 5.54 Å². The number of carboxylic acids is 1. The second kappa shape index (κ2) is 8.11. The zero-order chi connectivity index (χ0) is 16.0. The number of rotatable bonds is 8. The Morgan fingerprint density at radius 2 is 1.67 bits per heavy atom. The number of piperazine rings is 1. The van der Waals surface area contributed by atoms with Gasteiger partial charge in [0.05, 0.1) is 0 Å². The van der Waals surface area contributed by atoms with E-state index >= 15 is 0 Å². The maximum atomic E-state index is 11.5. The molecule has 5 heteroatoms. The normalized spacial score (nSPS) is 20.9. The van der Waals surface area contributed by atoms with E-state index in [9.17, 15) is 9.90 Å². The smallest absolute Gasteiger partial charge is 0.323 e. The summed E-state index contributed by atoms with van der Waals surface area (Å²) in [6.07, 6.45) is 0.644. The maximum Gasteiger partial charge on any atom is 0.323 e. The van der Waals surface area contributed by atoms with E-state index in [4.69, 9.17) is 0 Å². The molecule has 1 fully saturated rings. The van der Waals surface area contributed by atoms with Crippen LogP contribution in [0.4, 0.5) is 0 Å². The highest BCUT2D eigenvalue weighted by molar-refractivity contribution is 5.78. The Labute approximate surface area is 129 Å². The van der Waals surface area contributed by atoms with Gasteiger partial charge in [0.25, 0.3) is 0 Å². The standard InChI is InChI=1S/C16H33N3O2/c1-13(2)12-19-10-8-18(9-11-19)7-6-16(5,15(20)21)17-14(3)4/h13-14,17H,6-12H2,1-5H3,(H,20,21). The molecule has 0 aromatic carbocycles. The number of aliphatic carboxylic acids is 1. The van der Waals surface area contributed by atoms with Gasteiger partial charge in [-0.25, -0.2) is 0 Å². The lowest BCUT2D eigenvalue weighted by atomic mass is 9.96. The average molecular weight is 299 g/mol. The Morgan fingerprint density at radius 1 is 1.14 bits per heavy atom. The summed E-state index contributed by atoms with van der Waals surface area (Å²) >= 11 is 0. The van der Waals surface area contributed by atoms with Gasteiger partial charge >= 0.3 is 5.97 Å². The molecule has 5 nitrogen and oxygen atoms in total. The maximum absolute atomic E-state index is 11.5. The van der Waals surface area contributed by atoms with Crippen LogP contribution in [0, 0.1) is 5.92 Å². The molecule has 0 aromatic rings. The first-order valence-electron chi connectivity index (χ1n) is 8.18. The molecule has 0 aliphatic carbocycles. The van der Waals surface area contributed by atoms with Gasteiger partial charge in [-0.15, -0.1) is 0 Å². The monoisotopic (exact) mass is 299 g/mol. The van der Waals surface area contributed by atoms with Gasteiger partial charge in [0.2, 0.25) is 0 Å². The van der Waals surface area contributed by atoms with Crippen molar-refractivity contribution in [1.29, 1.82) is 0 Å². The molecular formula is C16H33N3O2. The summed E-state index contributed by atoms with van der Waals surface area (Å²) in [7, 11) is 0. The second-order valence-corrected chi connectivity index (χ2v) is 7.22. The van der Waals surface area contributed by atoms with Crippen molar-refractivity contribution in [2.45, 2.75) is 52.6 Å². The van der Waals surface area contributed by atoms with E-state index < -0.39 is 11.5 Å². The molecule has 21 heavy (non-hydrogen) atoms. The van der Waals surface area contributed by atoms with Gasteiger partial charge in [0, 0.05) is 45.3 Å². The Hall–Kier alpha value is -0.650. The lowest BCUT2D eigenvalue weighted by molar-refractivity contribution is -0.145. The third kappa shape index (κ3) is 6.32. The first-order chi connectivity index (χ1) is 9.73. The molecule has 1 aliphatic heterocycles. The minimum Gasteiger partial charge on any atom is -0.480 e. The van der Waals surface area contributed by atoms with Crippen LogP contribution in [0.3, 0.4) is 0 Å². The molecule has 1 rings (SSSR count). The van der Waals surface area contributed by atoms with Gasteiger partial charge in [0.15, 0.2) is 0 Å². The Morgan fingerprint density at radius 3 is 2.10 bits per heavy atom. The van der Waals surface area contributed by atoms with E-state index in [0.29, 0.717) is 12.3 Å². The molecule has 0 amide bonds. The highest BCUT2D eigenvalue weighted by Gasteiger charge is 2.34. The van der Waals surface area contributed by atoms with Crippen LogP contribution in [-0.2, 0) is 4.79 Å². The summed E-state index contributed by atoms with van der Waals surface area (Å²) in [5, 5.41) is 12.7. The number of carboxylic acid groups (broad SMARTS) is 1. The van der Waals surface area contributed by atoms with Crippen molar-refractivity contribution in [3.05, 3.63) is 0 Å². The molecule has 0 spiro atoms. The van der Waals surface area contributed by atoms with Gasteiger partial charge in [-0.3, -0.25) is 10.1 Å². The van der Waals surface area contributed by atoms with Gasteiger partial charge in [-0.05, 0) is 33.1 Å². The van der Waals surface area contributed by atoms with Gasteiger partial charge in [-0.1, -0.05) is 13.8 Å². The summed E-state index contributed by atoms with van der Waals surface area (Å²) in [5.41, 5.74) is -0.830. The van der Waals surface area contributed by atoms with Crippen molar-refractivity contribution in [2.75, 3.05) is 39.3 Å². The largest absolute Gasteiger partial charge is 0.480 e. The van der Waals surface area contributed by atoms with Crippen LogP contribution in [0.2, 0.25) is 0 Å². The summed E-state index contributed by atoms with van der Waals surface area (Å²) in [4.78, 5) is 16.4. The number of hydrogen-bond donors (Lipinski definition) is 2. The number of nitrogens with zero attached hydrogens (tertiary/aromatic N) is 2. The van der Waals surface area contributed by atoms with Crippen LogP contribution in [0.15, 0.2) is 0 Å². The SMILES string of the molecule is CC(C)CN1CCN(CCC(C)(NC(C)C)C(=O)O)CC1. The molecule has 0 aromatic heterocycles. The van der Waals surface area contributed by atoms with E-state index in [1.807, 2.05) is 13.8 Å². The van der Waals surface area contributed by atoms with Crippen molar-refractivity contribution in [1.82, 2.24) is 15.1 Å². The molecular weight excluding hydrogens is 266 g/mol. The van der Waals surface area contributed by atoms with Crippen LogP contribution < -0.4 is 5.32 Å². The van der Waals surface area contributed by atoms with E-state index in [1.54, 1.807) is 6.92 Å². The van der Waals surface area contributed by atoms with Crippen molar-refractivity contribution in [2.24, 2.45) is 5.92 Å². The third-order valence-corrected chi connectivity index (χ3v) is 4.10. The lowest BCUT2D eigenvalue weighted by Crippen LogP contribution is -2.55. The minimum atomic E-state index is -0.830. The minimum absolute atomic E-state index is 0.175. The first-order valence-corrected chi connectivity index (χ1v) is 8.18. The third-order valence-electron chi connectivity index (χ3n) is 4.10. The van der Waals surface area contributed by atoms with E-state index in [1.165, 1.54) is 0 Å². The highest BCUT2D eigenvalue weighted by atomic mass is 16.4. The van der Waals surface area contributed by atoms with Crippen molar-refractivity contribution < 1.29 is 9.90 Å². The summed E-state index contributed by atoms with van der Waals surface area (Å²) in [6.45, 7) is 16.6.